The van der Waals surface area contributed by atoms with Crippen LogP contribution in [0, 0.1) is 10.1 Å². The first kappa shape index (κ1) is 15.1. The van der Waals surface area contributed by atoms with Gasteiger partial charge in [-0.15, -0.1) is 0 Å². The number of para-hydroxylation sites is 1. The summed E-state index contributed by atoms with van der Waals surface area (Å²) in [6.45, 7) is 4.63. The molecule has 0 aliphatic heterocycles. The Kier molecular flexibility index (Phi) is 5.44. The Balaban J connectivity index is 2.84. The van der Waals surface area contributed by atoms with E-state index in [2.05, 4.69) is 0 Å². The van der Waals surface area contributed by atoms with E-state index in [1.54, 1.807) is 18.2 Å². The molecule has 19 heavy (non-hydrogen) atoms. The highest BCUT2D eigenvalue weighted by Gasteiger charge is 2.18. The van der Waals surface area contributed by atoms with Crippen LogP contribution in [0.2, 0.25) is 0 Å². The van der Waals surface area contributed by atoms with E-state index < -0.39 is 10.9 Å². The molecule has 6 nitrogen and oxygen atoms in total. The molecule has 0 spiro atoms. The lowest BCUT2D eigenvalue weighted by Crippen LogP contribution is -2.32. The second-order valence-electron chi connectivity index (χ2n) is 4.59. The topological polar surface area (TPSA) is 83.7 Å². The van der Waals surface area contributed by atoms with Gasteiger partial charge in [-0.2, -0.15) is 0 Å². The van der Waals surface area contributed by atoms with Gasteiger partial charge in [0.25, 0.3) is 5.69 Å². The van der Waals surface area contributed by atoms with Crippen molar-refractivity contribution in [2.24, 2.45) is 0 Å². The number of rotatable bonds is 7. The number of hydrogen-bond donors (Lipinski definition) is 1. The number of carboxylic acid groups (broad SMARTS) is 1. The molecule has 0 atom stereocenters. The second-order valence-corrected chi connectivity index (χ2v) is 4.59. The number of nitro groups is 1. The summed E-state index contributed by atoms with van der Waals surface area (Å²) in [6, 6.07) is 6.66. The molecule has 1 rings (SSSR count). The van der Waals surface area contributed by atoms with Gasteiger partial charge in [0.2, 0.25) is 0 Å². The molecule has 0 aromatic heterocycles. The first-order chi connectivity index (χ1) is 8.91. The molecule has 6 heteroatoms. The zero-order valence-corrected chi connectivity index (χ0v) is 11.1. The number of carbonyl (C=O) groups is 1. The summed E-state index contributed by atoms with van der Waals surface area (Å²) in [6.07, 6.45) is 0.0266. The Morgan fingerprint density at radius 2 is 2.05 bits per heavy atom. The molecule has 0 aliphatic rings. The number of hydrogen-bond acceptors (Lipinski definition) is 4. The maximum Gasteiger partial charge on any atom is 0.304 e. The van der Waals surface area contributed by atoms with Crippen LogP contribution in [0.4, 0.5) is 5.69 Å². The van der Waals surface area contributed by atoms with Crippen LogP contribution in [0.1, 0.15) is 25.8 Å². The Hall–Kier alpha value is -1.95. The highest BCUT2D eigenvalue weighted by Crippen LogP contribution is 2.20. The van der Waals surface area contributed by atoms with Crippen LogP contribution >= 0.6 is 0 Å². The molecular formula is C13H18N2O4. The van der Waals surface area contributed by atoms with E-state index in [-0.39, 0.29) is 18.2 Å². The van der Waals surface area contributed by atoms with Gasteiger partial charge in [-0.25, -0.2) is 0 Å². The molecule has 0 heterocycles. The smallest absolute Gasteiger partial charge is 0.304 e. The fourth-order valence-corrected chi connectivity index (χ4v) is 1.80. The van der Waals surface area contributed by atoms with Gasteiger partial charge in [-0.1, -0.05) is 18.2 Å². The summed E-state index contributed by atoms with van der Waals surface area (Å²) in [7, 11) is 0. The van der Waals surface area contributed by atoms with E-state index in [1.807, 2.05) is 18.7 Å². The van der Waals surface area contributed by atoms with Crippen LogP contribution in [0.15, 0.2) is 24.3 Å². The maximum absolute atomic E-state index is 10.9. The number of carboxylic acids is 1. The van der Waals surface area contributed by atoms with Crippen molar-refractivity contribution < 1.29 is 14.8 Å². The number of aliphatic carboxylic acids is 1. The molecular weight excluding hydrogens is 248 g/mol. The van der Waals surface area contributed by atoms with Crippen LogP contribution < -0.4 is 0 Å². The molecule has 0 amide bonds. The number of benzene rings is 1. The van der Waals surface area contributed by atoms with Crippen molar-refractivity contribution in [3.63, 3.8) is 0 Å². The summed E-state index contributed by atoms with van der Waals surface area (Å²) in [4.78, 5) is 23.1. The third kappa shape index (κ3) is 4.67. The molecule has 0 saturated carbocycles. The van der Waals surface area contributed by atoms with Crippen LogP contribution in [-0.4, -0.2) is 33.5 Å². The minimum atomic E-state index is -0.867. The van der Waals surface area contributed by atoms with Gasteiger partial charge >= 0.3 is 5.97 Å². The normalized spacial score (nSPS) is 10.9. The average molecular weight is 266 g/mol. The first-order valence-electron chi connectivity index (χ1n) is 6.10. The van der Waals surface area contributed by atoms with Crippen molar-refractivity contribution in [1.82, 2.24) is 4.90 Å². The van der Waals surface area contributed by atoms with Crippen molar-refractivity contribution in [1.29, 1.82) is 0 Å². The van der Waals surface area contributed by atoms with Crippen molar-refractivity contribution in [3.8, 4) is 0 Å². The van der Waals surface area contributed by atoms with Crippen LogP contribution in [-0.2, 0) is 11.3 Å². The lowest BCUT2D eigenvalue weighted by atomic mass is 10.1. The monoisotopic (exact) mass is 266 g/mol. The number of nitrogens with zero attached hydrogens (tertiary/aromatic N) is 2. The quantitative estimate of drug-likeness (QED) is 0.604. The minimum absolute atomic E-state index is 0.0266. The number of nitro benzene ring substituents is 1. The van der Waals surface area contributed by atoms with Gasteiger partial charge in [-0.3, -0.25) is 19.8 Å². The van der Waals surface area contributed by atoms with E-state index in [4.69, 9.17) is 5.11 Å². The lowest BCUT2D eigenvalue weighted by molar-refractivity contribution is -0.385. The zero-order valence-electron chi connectivity index (χ0n) is 11.1. The standard InChI is InChI=1S/C13H18N2O4/c1-10(2)14(8-7-13(16)17)9-11-5-3-4-6-12(11)15(18)19/h3-6,10H,7-9H2,1-2H3,(H,16,17). The molecule has 0 bridgehead atoms. The molecule has 1 N–H and O–H groups in total. The molecule has 1 aromatic rings. The third-order valence-electron chi connectivity index (χ3n) is 2.90. The first-order valence-corrected chi connectivity index (χ1v) is 6.10. The molecule has 104 valence electrons. The lowest BCUT2D eigenvalue weighted by Gasteiger charge is -2.25. The largest absolute Gasteiger partial charge is 0.481 e. The zero-order chi connectivity index (χ0) is 14.4. The van der Waals surface area contributed by atoms with Crippen LogP contribution in [0.25, 0.3) is 0 Å². The highest BCUT2D eigenvalue weighted by molar-refractivity contribution is 5.66. The molecule has 0 aliphatic carbocycles. The summed E-state index contributed by atoms with van der Waals surface area (Å²) in [5.41, 5.74) is 0.676. The van der Waals surface area contributed by atoms with Gasteiger partial charge in [0, 0.05) is 30.8 Å². The summed E-state index contributed by atoms with van der Waals surface area (Å²) < 4.78 is 0. The van der Waals surface area contributed by atoms with Gasteiger partial charge in [-0.05, 0) is 13.8 Å². The SMILES string of the molecule is CC(C)N(CCC(=O)O)Cc1ccccc1[N+](=O)[O-]. The van der Waals surface area contributed by atoms with Gasteiger partial charge in [0.05, 0.1) is 11.3 Å². The van der Waals surface area contributed by atoms with E-state index in [1.165, 1.54) is 6.07 Å². The Morgan fingerprint density at radius 1 is 1.42 bits per heavy atom. The third-order valence-corrected chi connectivity index (χ3v) is 2.90. The minimum Gasteiger partial charge on any atom is -0.481 e. The fraction of sp³-hybridized carbons (Fsp3) is 0.462. The maximum atomic E-state index is 10.9. The van der Waals surface area contributed by atoms with E-state index >= 15 is 0 Å². The Morgan fingerprint density at radius 3 is 2.58 bits per heavy atom. The average Bonchev–Trinajstić information content (AvgIpc) is 2.34. The van der Waals surface area contributed by atoms with Gasteiger partial charge in [0.1, 0.15) is 0 Å². The molecule has 1 aromatic carbocycles. The van der Waals surface area contributed by atoms with E-state index in [9.17, 15) is 14.9 Å². The predicted molar refractivity (Wildman–Crippen MR) is 70.9 cm³/mol. The van der Waals surface area contributed by atoms with Gasteiger partial charge < -0.3 is 5.11 Å². The van der Waals surface area contributed by atoms with Crippen molar-refractivity contribution in [2.45, 2.75) is 32.9 Å². The molecule has 0 fully saturated rings. The summed E-state index contributed by atoms with van der Waals surface area (Å²) >= 11 is 0. The van der Waals surface area contributed by atoms with Crippen LogP contribution in [0.5, 0.6) is 0 Å². The Bertz CT molecular complexity index is 460. The molecule has 0 saturated heterocycles. The van der Waals surface area contributed by atoms with Crippen LogP contribution in [0.3, 0.4) is 0 Å². The molecule has 0 radical (unpaired) electrons. The second kappa shape index (κ2) is 6.84. The van der Waals surface area contributed by atoms with Crippen molar-refractivity contribution in [3.05, 3.63) is 39.9 Å². The predicted octanol–water partition coefficient (Wildman–Crippen LogP) is 2.28. The van der Waals surface area contributed by atoms with E-state index in [0.717, 1.165) is 0 Å². The summed E-state index contributed by atoms with van der Waals surface area (Å²) in [5.74, 6) is -0.867. The van der Waals surface area contributed by atoms with Gasteiger partial charge in [0.15, 0.2) is 0 Å². The highest BCUT2D eigenvalue weighted by atomic mass is 16.6. The molecule has 0 unspecified atom stereocenters. The summed E-state index contributed by atoms with van der Waals surface area (Å²) in [5, 5.41) is 19.7. The fourth-order valence-electron chi connectivity index (χ4n) is 1.80. The van der Waals surface area contributed by atoms with Crippen molar-refractivity contribution >= 4 is 11.7 Å². The Labute approximate surface area is 111 Å². The van der Waals surface area contributed by atoms with E-state index in [0.29, 0.717) is 18.7 Å². The van der Waals surface area contributed by atoms with Crippen molar-refractivity contribution in [2.75, 3.05) is 6.54 Å².